The van der Waals surface area contributed by atoms with Gasteiger partial charge in [0.15, 0.2) is 5.78 Å². The van der Waals surface area contributed by atoms with E-state index >= 15 is 0 Å². The number of nitrogens with zero attached hydrogens (tertiary/aromatic N) is 2. The molecule has 0 aliphatic heterocycles. The van der Waals surface area contributed by atoms with Crippen LogP contribution in [-0.2, 0) is 0 Å². The molecule has 0 fully saturated rings. The lowest BCUT2D eigenvalue weighted by Crippen LogP contribution is -2.04. The summed E-state index contributed by atoms with van der Waals surface area (Å²) >= 11 is 0. The van der Waals surface area contributed by atoms with E-state index in [-0.39, 0.29) is 11.5 Å². The summed E-state index contributed by atoms with van der Waals surface area (Å²) in [7, 11) is 0. The first-order chi connectivity index (χ1) is 11.5. The van der Waals surface area contributed by atoms with E-state index in [1.807, 2.05) is 42.7 Å². The molecule has 120 valence electrons. The Kier molecular flexibility index (Phi) is 4.00. The first-order valence-electron chi connectivity index (χ1n) is 7.52. The summed E-state index contributed by atoms with van der Waals surface area (Å²) in [6.07, 6.45) is 0. The molecule has 0 spiro atoms. The summed E-state index contributed by atoms with van der Waals surface area (Å²) in [6.45, 7) is 3.79. The molecule has 0 radical (unpaired) electrons. The van der Waals surface area contributed by atoms with E-state index in [1.54, 1.807) is 24.3 Å². The number of benzene rings is 2. The number of hydrogen-bond acceptors (Lipinski definition) is 3. The maximum Gasteiger partial charge on any atom is 0.269 e. The van der Waals surface area contributed by atoms with E-state index in [0.29, 0.717) is 11.1 Å². The summed E-state index contributed by atoms with van der Waals surface area (Å²) in [6, 6.07) is 17.3. The lowest BCUT2D eigenvalue weighted by atomic mass is 10.0. The number of hydrogen-bond donors (Lipinski definition) is 0. The second-order valence-corrected chi connectivity index (χ2v) is 5.59. The molecular weight excluding hydrogens is 304 g/mol. The van der Waals surface area contributed by atoms with Crippen LogP contribution < -0.4 is 0 Å². The van der Waals surface area contributed by atoms with Crippen LogP contribution in [0, 0.1) is 24.0 Å². The molecule has 5 heteroatoms. The second-order valence-electron chi connectivity index (χ2n) is 5.59. The van der Waals surface area contributed by atoms with Gasteiger partial charge in [0.25, 0.3) is 5.69 Å². The van der Waals surface area contributed by atoms with Crippen LogP contribution in [0.5, 0.6) is 0 Å². The van der Waals surface area contributed by atoms with E-state index in [2.05, 4.69) is 0 Å². The predicted octanol–water partition coefficient (Wildman–Crippen LogP) is 4.23. The Morgan fingerprint density at radius 1 is 1.00 bits per heavy atom. The van der Waals surface area contributed by atoms with Gasteiger partial charge >= 0.3 is 0 Å². The molecular formula is C19H16N2O3. The lowest BCUT2D eigenvalue weighted by molar-refractivity contribution is -0.384. The quantitative estimate of drug-likeness (QED) is 0.410. The van der Waals surface area contributed by atoms with Crippen molar-refractivity contribution in [3.05, 3.63) is 93.3 Å². The van der Waals surface area contributed by atoms with Gasteiger partial charge in [-0.15, -0.1) is 0 Å². The molecule has 0 aliphatic rings. The van der Waals surface area contributed by atoms with Crippen LogP contribution in [0.4, 0.5) is 5.69 Å². The summed E-state index contributed by atoms with van der Waals surface area (Å²) in [5.74, 6) is -0.0307. The molecule has 0 amide bonds. The SMILES string of the molecule is Cc1cc(C(=O)c2ccccc2)c(C)n1-c1ccc([N+](=O)[O-])cc1. The highest BCUT2D eigenvalue weighted by atomic mass is 16.6. The van der Waals surface area contributed by atoms with Crippen molar-refractivity contribution in [2.45, 2.75) is 13.8 Å². The fourth-order valence-electron chi connectivity index (χ4n) is 2.86. The van der Waals surface area contributed by atoms with Crippen molar-refractivity contribution in [2.24, 2.45) is 0 Å². The zero-order valence-corrected chi connectivity index (χ0v) is 13.4. The van der Waals surface area contributed by atoms with Gasteiger partial charge in [-0.2, -0.15) is 0 Å². The Labute approximate surface area is 139 Å². The lowest BCUT2D eigenvalue weighted by Gasteiger charge is -2.09. The van der Waals surface area contributed by atoms with Crippen molar-refractivity contribution in [1.82, 2.24) is 4.57 Å². The summed E-state index contributed by atoms with van der Waals surface area (Å²) in [4.78, 5) is 23.1. The Morgan fingerprint density at radius 2 is 1.62 bits per heavy atom. The first kappa shape index (κ1) is 15.7. The van der Waals surface area contributed by atoms with Crippen LogP contribution in [0.2, 0.25) is 0 Å². The minimum atomic E-state index is -0.427. The highest BCUT2D eigenvalue weighted by molar-refractivity contribution is 6.10. The van der Waals surface area contributed by atoms with E-state index in [0.717, 1.165) is 17.1 Å². The van der Waals surface area contributed by atoms with Gasteiger partial charge in [0.2, 0.25) is 0 Å². The monoisotopic (exact) mass is 320 g/mol. The number of carbonyl (C=O) groups is 1. The van der Waals surface area contributed by atoms with Gasteiger partial charge in [-0.05, 0) is 32.0 Å². The number of aromatic nitrogens is 1. The van der Waals surface area contributed by atoms with E-state index < -0.39 is 4.92 Å². The average Bonchev–Trinajstić information content (AvgIpc) is 2.89. The molecule has 3 aromatic rings. The van der Waals surface area contributed by atoms with Gasteiger partial charge < -0.3 is 4.57 Å². The number of nitro groups is 1. The Hall–Kier alpha value is -3.21. The molecule has 0 N–H and O–H groups in total. The molecule has 0 atom stereocenters. The molecule has 0 bridgehead atoms. The van der Waals surface area contributed by atoms with Gasteiger partial charge in [0.05, 0.1) is 4.92 Å². The van der Waals surface area contributed by atoms with Crippen LogP contribution in [-0.4, -0.2) is 15.3 Å². The average molecular weight is 320 g/mol. The number of ketones is 1. The van der Waals surface area contributed by atoms with Crippen molar-refractivity contribution in [3.63, 3.8) is 0 Å². The van der Waals surface area contributed by atoms with Crippen LogP contribution in [0.15, 0.2) is 60.7 Å². The number of aryl methyl sites for hydroxylation is 1. The maximum atomic E-state index is 12.7. The van der Waals surface area contributed by atoms with Crippen molar-refractivity contribution in [3.8, 4) is 5.69 Å². The number of nitro benzene ring substituents is 1. The Balaban J connectivity index is 2.04. The standard InChI is InChI=1S/C19H16N2O3/c1-13-12-18(19(22)15-6-4-3-5-7-15)14(2)20(13)16-8-10-17(11-9-16)21(23)24/h3-12H,1-2H3. The topological polar surface area (TPSA) is 65.1 Å². The minimum absolute atomic E-state index is 0.0307. The maximum absolute atomic E-state index is 12.7. The fourth-order valence-corrected chi connectivity index (χ4v) is 2.86. The molecule has 0 unspecified atom stereocenters. The molecule has 24 heavy (non-hydrogen) atoms. The summed E-state index contributed by atoms with van der Waals surface area (Å²) in [5.41, 5.74) is 3.83. The zero-order valence-electron chi connectivity index (χ0n) is 13.4. The van der Waals surface area contributed by atoms with Crippen molar-refractivity contribution >= 4 is 11.5 Å². The summed E-state index contributed by atoms with van der Waals surface area (Å²) < 4.78 is 1.93. The van der Waals surface area contributed by atoms with Gasteiger partial charge in [-0.25, -0.2) is 0 Å². The second kappa shape index (κ2) is 6.12. The molecule has 1 heterocycles. The van der Waals surface area contributed by atoms with Crippen molar-refractivity contribution in [1.29, 1.82) is 0 Å². The Bertz CT molecular complexity index is 910. The van der Waals surface area contributed by atoms with Crippen LogP contribution in [0.1, 0.15) is 27.3 Å². The van der Waals surface area contributed by atoms with Crippen LogP contribution in [0.3, 0.4) is 0 Å². The number of rotatable bonds is 4. The predicted molar refractivity (Wildman–Crippen MR) is 91.8 cm³/mol. The van der Waals surface area contributed by atoms with Crippen molar-refractivity contribution < 1.29 is 9.72 Å². The molecule has 0 saturated heterocycles. The Morgan fingerprint density at radius 3 is 2.21 bits per heavy atom. The highest BCUT2D eigenvalue weighted by Crippen LogP contribution is 2.24. The molecule has 0 saturated carbocycles. The molecule has 3 rings (SSSR count). The van der Waals surface area contributed by atoms with Crippen LogP contribution >= 0.6 is 0 Å². The minimum Gasteiger partial charge on any atom is -0.318 e. The van der Waals surface area contributed by atoms with Gasteiger partial charge in [-0.1, -0.05) is 30.3 Å². The van der Waals surface area contributed by atoms with Crippen molar-refractivity contribution in [2.75, 3.05) is 0 Å². The van der Waals surface area contributed by atoms with Gasteiger partial charge in [-0.3, -0.25) is 14.9 Å². The molecule has 1 aromatic heterocycles. The molecule has 5 nitrogen and oxygen atoms in total. The molecule has 0 aliphatic carbocycles. The third kappa shape index (κ3) is 2.72. The van der Waals surface area contributed by atoms with E-state index in [1.165, 1.54) is 12.1 Å². The smallest absolute Gasteiger partial charge is 0.269 e. The molecule has 2 aromatic carbocycles. The third-order valence-corrected chi connectivity index (χ3v) is 4.03. The zero-order chi connectivity index (χ0) is 17.3. The number of non-ortho nitro benzene ring substituents is 1. The first-order valence-corrected chi connectivity index (χ1v) is 7.52. The summed E-state index contributed by atoms with van der Waals surface area (Å²) in [5, 5.41) is 10.8. The van der Waals surface area contributed by atoms with E-state index in [9.17, 15) is 14.9 Å². The normalized spacial score (nSPS) is 10.6. The third-order valence-electron chi connectivity index (χ3n) is 4.03. The largest absolute Gasteiger partial charge is 0.318 e. The van der Waals surface area contributed by atoms with E-state index in [4.69, 9.17) is 0 Å². The van der Waals surface area contributed by atoms with Crippen LogP contribution in [0.25, 0.3) is 5.69 Å². The highest BCUT2D eigenvalue weighted by Gasteiger charge is 2.18. The van der Waals surface area contributed by atoms with Gasteiger partial charge in [0.1, 0.15) is 0 Å². The number of carbonyl (C=O) groups excluding carboxylic acids is 1. The van der Waals surface area contributed by atoms with Gasteiger partial charge in [0, 0.05) is 40.3 Å². The fraction of sp³-hybridized carbons (Fsp3) is 0.105.